The fraction of sp³-hybridized carbons (Fsp3) is 0.944. The molecule has 2 nitrogen and oxygen atoms in total. The molecular formula is C36H66O2. The van der Waals surface area contributed by atoms with E-state index in [0.717, 1.165) is 31.6 Å². The lowest BCUT2D eigenvalue weighted by Gasteiger charge is -2.26. The molecule has 2 saturated carbocycles. The van der Waals surface area contributed by atoms with Crippen molar-refractivity contribution in [2.45, 2.75) is 194 Å². The Morgan fingerprint density at radius 1 is 0.474 bits per heavy atom. The molecule has 38 heavy (non-hydrogen) atoms. The van der Waals surface area contributed by atoms with E-state index in [4.69, 9.17) is 0 Å². The third kappa shape index (κ3) is 15.8. The lowest BCUT2D eigenvalue weighted by Crippen LogP contribution is -2.20. The SMILES string of the molecule is CC1CCCCCCCC(C(=O)CCC(=O)C2CCCCCCCCCC(C)(C)CCC2)CCCCCC1. The molecule has 0 N–H and O–H groups in total. The smallest absolute Gasteiger partial charge is 0.136 e. The van der Waals surface area contributed by atoms with Crippen LogP contribution in [0, 0.1) is 23.2 Å². The number of ketones is 2. The van der Waals surface area contributed by atoms with Gasteiger partial charge in [0.2, 0.25) is 0 Å². The summed E-state index contributed by atoms with van der Waals surface area (Å²) in [5.74, 6) is 2.08. The first-order valence-corrected chi connectivity index (χ1v) is 17.4. The van der Waals surface area contributed by atoms with Gasteiger partial charge in [-0.25, -0.2) is 0 Å². The van der Waals surface area contributed by atoms with Crippen molar-refractivity contribution in [2.24, 2.45) is 23.2 Å². The van der Waals surface area contributed by atoms with E-state index in [0.29, 0.717) is 29.8 Å². The summed E-state index contributed by atoms with van der Waals surface area (Å²) >= 11 is 0. The Hall–Kier alpha value is -0.660. The largest absolute Gasteiger partial charge is 0.299 e. The predicted octanol–water partition coefficient (Wildman–Crippen LogP) is 11.6. The van der Waals surface area contributed by atoms with E-state index in [-0.39, 0.29) is 11.8 Å². The Morgan fingerprint density at radius 3 is 1.24 bits per heavy atom. The number of Topliss-reactive ketones (excluding diaryl/α,β-unsaturated/α-hetero) is 2. The molecule has 0 spiro atoms. The maximum absolute atomic E-state index is 13.4. The van der Waals surface area contributed by atoms with Crippen LogP contribution in [0.5, 0.6) is 0 Å². The van der Waals surface area contributed by atoms with E-state index in [1.807, 2.05) is 0 Å². The Labute approximate surface area is 238 Å². The maximum atomic E-state index is 13.4. The Kier molecular flexibility index (Phi) is 17.9. The molecule has 3 unspecified atom stereocenters. The van der Waals surface area contributed by atoms with Gasteiger partial charge in [-0.1, -0.05) is 143 Å². The van der Waals surface area contributed by atoms with E-state index in [2.05, 4.69) is 20.8 Å². The second-order valence-corrected chi connectivity index (χ2v) is 14.3. The molecule has 0 aromatic heterocycles. The maximum Gasteiger partial charge on any atom is 0.136 e. The van der Waals surface area contributed by atoms with Crippen LogP contribution in [-0.4, -0.2) is 11.6 Å². The molecular weight excluding hydrogens is 464 g/mol. The molecule has 2 aliphatic carbocycles. The molecule has 0 amide bonds. The minimum Gasteiger partial charge on any atom is -0.299 e. The quantitative estimate of drug-likeness (QED) is 0.354. The van der Waals surface area contributed by atoms with Crippen LogP contribution in [0.1, 0.15) is 194 Å². The number of hydrogen-bond donors (Lipinski definition) is 0. The molecule has 0 aliphatic heterocycles. The van der Waals surface area contributed by atoms with Gasteiger partial charge >= 0.3 is 0 Å². The first-order valence-electron chi connectivity index (χ1n) is 17.4. The van der Waals surface area contributed by atoms with E-state index in [9.17, 15) is 9.59 Å². The number of carbonyl (C=O) groups is 2. The standard InChI is InChI=1S/C36H66O2/c1-31-21-14-8-7-10-17-23-32(24-18-12-11-15-22-31)34(37)27-28-35(38)33-25-16-9-5-4-6-13-19-29-36(2,3)30-20-26-33/h31-33H,4-30H2,1-3H3. The highest BCUT2D eigenvalue weighted by molar-refractivity contribution is 5.88. The van der Waals surface area contributed by atoms with Gasteiger partial charge in [0.05, 0.1) is 0 Å². The van der Waals surface area contributed by atoms with Gasteiger partial charge in [-0.3, -0.25) is 9.59 Å². The summed E-state index contributed by atoms with van der Waals surface area (Å²) in [7, 11) is 0. The summed E-state index contributed by atoms with van der Waals surface area (Å²) < 4.78 is 0. The van der Waals surface area contributed by atoms with E-state index in [1.54, 1.807) is 0 Å². The summed E-state index contributed by atoms with van der Waals surface area (Å²) in [6, 6.07) is 0. The lowest BCUT2D eigenvalue weighted by molar-refractivity contribution is -0.128. The molecule has 2 aliphatic rings. The second kappa shape index (κ2) is 20.3. The van der Waals surface area contributed by atoms with Gasteiger partial charge < -0.3 is 0 Å². The molecule has 0 bridgehead atoms. The molecule has 0 saturated heterocycles. The number of carbonyl (C=O) groups excluding carboxylic acids is 2. The van der Waals surface area contributed by atoms with Crippen molar-refractivity contribution in [3.05, 3.63) is 0 Å². The third-order valence-electron chi connectivity index (χ3n) is 10.1. The fourth-order valence-corrected chi connectivity index (χ4v) is 7.21. The average molecular weight is 531 g/mol. The Morgan fingerprint density at radius 2 is 0.789 bits per heavy atom. The summed E-state index contributed by atoms with van der Waals surface area (Å²) in [6.45, 7) is 7.27. The van der Waals surface area contributed by atoms with Crippen LogP contribution in [0.2, 0.25) is 0 Å². The van der Waals surface area contributed by atoms with Crippen molar-refractivity contribution >= 4 is 11.6 Å². The van der Waals surface area contributed by atoms with E-state index in [1.165, 1.54) is 135 Å². The predicted molar refractivity (Wildman–Crippen MR) is 165 cm³/mol. The first kappa shape index (κ1) is 33.5. The van der Waals surface area contributed by atoms with Crippen LogP contribution in [0.15, 0.2) is 0 Å². The fourth-order valence-electron chi connectivity index (χ4n) is 7.21. The summed E-state index contributed by atoms with van der Waals surface area (Å²) in [4.78, 5) is 26.7. The van der Waals surface area contributed by atoms with Gasteiger partial charge in [-0.15, -0.1) is 0 Å². The van der Waals surface area contributed by atoms with Crippen molar-refractivity contribution in [3.63, 3.8) is 0 Å². The van der Waals surface area contributed by atoms with Crippen molar-refractivity contribution in [2.75, 3.05) is 0 Å². The van der Waals surface area contributed by atoms with E-state index < -0.39 is 0 Å². The van der Waals surface area contributed by atoms with Crippen LogP contribution < -0.4 is 0 Å². The van der Waals surface area contributed by atoms with Crippen LogP contribution in [0.4, 0.5) is 0 Å². The topological polar surface area (TPSA) is 34.1 Å². The van der Waals surface area contributed by atoms with Crippen LogP contribution in [0.25, 0.3) is 0 Å². The van der Waals surface area contributed by atoms with Gasteiger partial charge in [0.1, 0.15) is 11.6 Å². The van der Waals surface area contributed by atoms with Crippen LogP contribution in [-0.2, 0) is 9.59 Å². The zero-order valence-electron chi connectivity index (χ0n) is 26.1. The highest BCUT2D eigenvalue weighted by Gasteiger charge is 2.24. The molecule has 2 heteroatoms. The van der Waals surface area contributed by atoms with Crippen molar-refractivity contribution < 1.29 is 9.59 Å². The van der Waals surface area contributed by atoms with Crippen molar-refractivity contribution in [1.82, 2.24) is 0 Å². The van der Waals surface area contributed by atoms with Gasteiger partial charge in [0.15, 0.2) is 0 Å². The average Bonchev–Trinajstić information content (AvgIpc) is 2.89. The monoisotopic (exact) mass is 531 g/mol. The second-order valence-electron chi connectivity index (χ2n) is 14.3. The minimum atomic E-state index is 0.192. The summed E-state index contributed by atoms with van der Waals surface area (Å²) in [5, 5.41) is 0. The third-order valence-corrected chi connectivity index (χ3v) is 10.1. The van der Waals surface area contributed by atoms with Crippen LogP contribution in [0.3, 0.4) is 0 Å². The van der Waals surface area contributed by atoms with Gasteiger partial charge in [0, 0.05) is 24.7 Å². The molecule has 2 rings (SSSR count). The molecule has 0 aromatic carbocycles. The summed E-state index contributed by atoms with van der Waals surface area (Å²) in [6.07, 6.45) is 32.6. The molecule has 2 fully saturated rings. The minimum absolute atomic E-state index is 0.192. The van der Waals surface area contributed by atoms with Gasteiger partial charge in [-0.2, -0.15) is 0 Å². The summed E-state index contributed by atoms with van der Waals surface area (Å²) in [5.41, 5.74) is 0.400. The van der Waals surface area contributed by atoms with Crippen molar-refractivity contribution in [3.8, 4) is 0 Å². The zero-order valence-corrected chi connectivity index (χ0v) is 26.1. The van der Waals surface area contributed by atoms with Crippen LogP contribution >= 0.6 is 0 Å². The highest BCUT2D eigenvalue weighted by atomic mass is 16.1. The Bertz CT molecular complexity index is 621. The number of rotatable bonds is 5. The molecule has 0 radical (unpaired) electrons. The lowest BCUT2D eigenvalue weighted by atomic mass is 9.79. The van der Waals surface area contributed by atoms with E-state index >= 15 is 0 Å². The van der Waals surface area contributed by atoms with Gasteiger partial charge in [0.25, 0.3) is 0 Å². The number of hydrogen-bond acceptors (Lipinski definition) is 2. The normalized spacial score (nSPS) is 28.8. The molecule has 0 aromatic rings. The van der Waals surface area contributed by atoms with Gasteiger partial charge in [-0.05, 0) is 49.9 Å². The molecule has 3 atom stereocenters. The Balaban J connectivity index is 1.84. The first-order chi connectivity index (χ1) is 18.4. The highest BCUT2D eigenvalue weighted by Crippen LogP contribution is 2.33. The molecule has 222 valence electrons. The zero-order chi connectivity index (χ0) is 27.5. The molecule has 0 heterocycles. The van der Waals surface area contributed by atoms with Crippen molar-refractivity contribution in [1.29, 1.82) is 0 Å².